The number of nitrogens with one attached hydrogen (secondary N) is 1. The number of pyridine rings is 1. The van der Waals surface area contributed by atoms with Crippen LogP contribution >= 0.6 is 0 Å². The molecule has 2 N–H and O–H groups in total. The molecule has 3 heterocycles. The minimum atomic E-state index is -2.78. The molecule has 0 aliphatic carbocycles. The molecule has 4 rings (SSSR count). The number of benzene rings is 1. The van der Waals surface area contributed by atoms with Crippen molar-refractivity contribution in [2.45, 2.75) is 32.8 Å². The van der Waals surface area contributed by atoms with E-state index in [0.717, 1.165) is 0 Å². The number of hydrogen-bond acceptors (Lipinski definition) is 6. The molecule has 10 heteroatoms. The highest BCUT2D eigenvalue weighted by Crippen LogP contribution is 2.36. The van der Waals surface area contributed by atoms with Gasteiger partial charge in [-0.25, -0.2) is 18.3 Å². The minimum Gasteiger partial charge on any atom is -0.389 e. The first kappa shape index (κ1) is 23.9. The normalized spacial score (nSPS) is 11.6. The average Bonchev–Trinajstić information content (AvgIpc) is 3.20. The van der Waals surface area contributed by atoms with E-state index in [1.54, 1.807) is 57.3 Å². The summed E-state index contributed by atoms with van der Waals surface area (Å²) in [6, 6.07) is 13.2. The molecule has 0 fully saturated rings. The van der Waals surface area contributed by atoms with E-state index in [9.17, 15) is 23.9 Å². The van der Waals surface area contributed by atoms with Crippen LogP contribution in [0.4, 0.5) is 8.78 Å². The molecule has 178 valence electrons. The molecule has 0 bridgehead atoms. The van der Waals surface area contributed by atoms with Crippen LogP contribution in [-0.4, -0.2) is 42.7 Å². The van der Waals surface area contributed by atoms with Crippen molar-refractivity contribution in [3.8, 4) is 28.5 Å². The summed E-state index contributed by atoms with van der Waals surface area (Å²) in [5, 5.41) is 26.5. The Balaban J connectivity index is 1.94. The molecule has 0 aliphatic heterocycles. The molecule has 3 aromatic heterocycles. The SMILES string of the molecule is Cc1cc(-c2c(-c3cccc(C#N)c3)nn3ccc(C(=O)NCC(C)(C)O)nc23)cc(C(F)F)n1. The van der Waals surface area contributed by atoms with Gasteiger partial charge in [0.15, 0.2) is 5.65 Å². The van der Waals surface area contributed by atoms with E-state index in [-0.39, 0.29) is 17.9 Å². The number of aryl methyl sites for hydroxylation is 1. The van der Waals surface area contributed by atoms with Gasteiger partial charge < -0.3 is 10.4 Å². The second-order valence-electron chi connectivity index (χ2n) is 8.72. The summed E-state index contributed by atoms with van der Waals surface area (Å²) in [5.41, 5.74) is 1.45. The molecule has 0 saturated carbocycles. The molecule has 4 aromatic rings. The zero-order valence-corrected chi connectivity index (χ0v) is 19.3. The molecule has 1 aromatic carbocycles. The monoisotopic (exact) mass is 476 g/mol. The Hall–Kier alpha value is -4.23. The third kappa shape index (κ3) is 5.15. The van der Waals surface area contributed by atoms with Gasteiger partial charge in [-0.3, -0.25) is 9.78 Å². The Labute approximate surface area is 199 Å². The lowest BCUT2D eigenvalue weighted by Crippen LogP contribution is -2.38. The van der Waals surface area contributed by atoms with Crippen LogP contribution in [-0.2, 0) is 0 Å². The Morgan fingerprint density at radius 3 is 2.66 bits per heavy atom. The van der Waals surface area contributed by atoms with Crippen LogP contribution in [0.1, 0.15) is 47.7 Å². The number of rotatable bonds is 6. The quantitative estimate of drug-likeness (QED) is 0.433. The Bertz CT molecular complexity index is 1470. The average molecular weight is 476 g/mol. The lowest BCUT2D eigenvalue weighted by Gasteiger charge is -2.17. The fraction of sp³-hybridized carbons (Fsp3) is 0.240. The molecule has 8 nitrogen and oxygen atoms in total. The van der Waals surface area contributed by atoms with E-state index in [4.69, 9.17) is 0 Å². The third-order valence-corrected chi connectivity index (χ3v) is 5.15. The fourth-order valence-electron chi connectivity index (χ4n) is 3.60. The molecule has 0 aliphatic rings. The smallest absolute Gasteiger partial charge is 0.280 e. The van der Waals surface area contributed by atoms with E-state index in [1.807, 2.05) is 0 Å². The summed E-state index contributed by atoms with van der Waals surface area (Å²) in [6.45, 7) is 4.75. The van der Waals surface area contributed by atoms with Gasteiger partial charge in [-0.15, -0.1) is 0 Å². The third-order valence-electron chi connectivity index (χ3n) is 5.15. The predicted octanol–water partition coefficient (Wildman–Crippen LogP) is 4.08. The zero-order chi connectivity index (χ0) is 25.3. The maximum atomic E-state index is 13.5. The van der Waals surface area contributed by atoms with E-state index >= 15 is 0 Å². The van der Waals surface area contributed by atoms with Gasteiger partial charge in [0.1, 0.15) is 17.1 Å². The number of carbonyl (C=O) groups excluding carboxylic acids is 1. The highest BCUT2D eigenvalue weighted by atomic mass is 19.3. The maximum Gasteiger partial charge on any atom is 0.280 e. The molecule has 0 spiro atoms. The van der Waals surface area contributed by atoms with Crippen molar-refractivity contribution in [3.05, 3.63) is 71.3 Å². The van der Waals surface area contributed by atoms with Gasteiger partial charge in [0, 0.05) is 24.0 Å². The number of aliphatic hydroxyl groups is 1. The van der Waals surface area contributed by atoms with Crippen molar-refractivity contribution < 1.29 is 18.7 Å². The Kier molecular flexibility index (Phi) is 6.28. The summed E-state index contributed by atoms with van der Waals surface area (Å²) in [6.07, 6.45) is -1.23. The van der Waals surface area contributed by atoms with E-state index in [1.165, 1.54) is 16.6 Å². The topological polar surface area (TPSA) is 116 Å². The number of aromatic nitrogens is 4. The van der Waals surface area contributed by atoms with Crippen LogP contribution in [0, 0.1) is 18.3 Å². The van der Waals surface area contributed by atoms with Crippen molar-refractivity contribution in [3.63, 3.8) is 0 Å². The van der Waals surface area contributed by atoms with Crippen LogP contribution in [0.3, 0.4) is 0 Å². The molecule has 0 unspecified atom stereocenters. The van der Waals surface area contributed by atoms with E-state index in [0.29, 0.717) is 33.6 Å². The number of alkyl halides is 2. The lowest BCUT2D eigenvalue weighted by molar-refractivity contribution is 0.0692. The highest BCUT2D eigenvalue weighted by Gasteiger charge is 2.22. The zero-order valence-electron chi connectivity index (χ0n) is 19.3. The van der Waals surface area contributed by atoms with Crippen LogP contribution in [0.2, 0.25) is 0 Å². The number of nitriles is 1. The van der Waals surface area contributed by atoms with Crippen molar-refractivity contribution in [2.75, 3.05) is 6.54 Å². The van der Waals surface area contributed by atoms with E-state index in [2.05, 4.69) is 26.5 Å². The number of carbonyl (C=O) groups is 1. The molecule has 35 heavy (non-hydrogen) atoms. The number of halogens is 2. The molecule has 0 atom stereocenters. The molecule has 1 amide bonds. The first-order valence-corrected chi connectivity index (χ1v) is 10.7. The van der Waals surface area contributed by atoms with Crippen molar-refractivity contribution in [2.24, 2.45) is 0 Å². The van der Waals surface area contributed by atoms with Gasteiger partial charge >= 0.3 is 0 Å². The highest BCUT2D eigenvalue weighted by molar-refractivity contribution is 5.95. The van der Waals surface area contributed by atoms with Crippen LogP contribution in [0.15, 0.2) is 48.7 Å². The van der Waals surface area contributed by atoms with Gasteiger partial charge in [0.2, 0.25) is 0 Å². The first-order valence-electron chi connectivity index (χ1n) is 10.7. The summed E-state index contributed by atoms with van der Waals surface area (Å²) >= 11 is 0. The maximum absolute atomic E-state index is 13.5. The fourth-order valence-corrected chi connectivity index (χ4v) is 3.60. The summed E-state index contributed by atoms with van der Waals surface area (Å²) in [5.74, 6) is -0.506. The van der Waals surface area contributed by atoms with Crippen molar-refractivity contribution in [1.29, 1.82) is 5.26 Å². The Morgan fingerprint density at radius 2 is 1.97 bits per heavy atom. The number of nitrogens with zero attached hydrogens (tertiary/aromatic N) is 5. The number of fused-ring (bicyclic) bond motifs is 1. The molecular weight excluding hydrogens is 454 g/mol. The summed E-state index contributed by atoms with van der Waals surface area (Å²) in [7, 11) is 0. The van der Waals surface area contributed by atoms with Crippen LogP contribution in [0.25, 0.3) is 28.0 Å². The van der Waals surface area contributed by atoms with Gasteiger partial charge in [-0.1, -0.05) is 12.1 Å². The predicted molar refractivity (Wildman–Crippen MR) is 125 cm³/mol. The number of hydrogen-bond donors (Lipinski definition) is 2. The standard InChI is InChI=1S/C25H22F2N6O2/c1-14-9-17(11-19(30-14)22(26)27)20-21(16-6-4-5-15(10-16)12-28)32-33-8-7-18(31-23(20)33)24(34)29-13-25(2,3)35/h4-11,22,35H,13H2,1-3H3,(H,29,34). The summed E-state index contributed by atoms with van der Waals surface area (Å²) in [4.78, 5) is 21.1. The van der Waals surface area contributed by atoms with Gasteiger partial charge in [0.05, 0.1) is 22.8 Å². The lowest BCUT2D eigenvalue weighted by atomic mass is 9.99. The van der Waals surface area contributed by atoms with Crippen LogP contribution < -0.4 is 5.32 Å². The summed E-state index contributed by atoms with van der Waals surface area (Å²) < 4.78 is 28.5. The first-order chi connectivity index (χ1) is 16.6. The molecular formula is C25H22F2N6O2. The van der Waals surface area contributed by atoms with Gasteiger partial charge in [-0.2, -0.15) is 10.4 Å². The second kappa shape index (κ2) is 9.19. The van der Waals surface area contributed by atoms with Crippen LogP contribution in [0.5, 0.6) is 0 Å². The van der Waals surface area contributed by atoms with Crippen molar-refractivity contribution >= 4 is 11.6 Å². The molecule has 0 saturated heterocycles. The van der Waals surface area contributed by atoms with Gasteiger partial charge in [-0.05, 0) is 56.7 Å². The minimum absolute atomic E-state index is 0.0122. The second-order valence-corrected chi connectivity index (χ2v) is 8.72. The largest absolute Gasteiger partial charge is 0.389 e. The molecule has 0 radical (unpaired) electrons. The van der Waals surface area contributed by atoms with E-state index < -0.39 is 23.6 Å². The number of amides is 1. The van der Waals surface area contributed by atoms with Gasteiger partial charge in [0.25, 0.3) is 12.3 Å². The Morgan fingerprint density at radius 1 is 1.20 bits per heavy atom. The van der Waals surface area contributed by atoms with Crippen molar-refractivity contribution in [1.82, 2.24) is 24.9 Å².